The molecule has 5 heteroatoms. The monoisotopic (exact) mass is 271 g/mol. The molecule has 1 N–H and O–H groups in total. The van der Waals surface area contributed by atoms with Crippen LogP contribution in [0.5, 0.6) is 11.5 Å². The number of aromatic nitrogens is 1. The van der Waals surface area contributed by atoms with E-state index in [1.165, 1.54) is 0 Å². The van der Waals surface area contributed by atoms with Gasteiger partial charge in [-0.1, -0.05) is 6.92 Å². The van der Waals surface area contributed by atoms with Crippen molar-refractivity contribution in [1.29, 1.82) is 5.26 Å². The van der Waals surface area contributed by atoms with Crippen LogP contribution in [0.1, 0.15) is 18.9 Å². The van der Waals surface area contributed by atoms with Crippen LogP contribution in [0, 0.1) is 11.3 Å². The van der Waals surface area contributed by atoms with Crippen molar-refractivity contribution in [2.75, 3.05) is 26.1 Å². The zero-order valence-electron chi connectivity index (χ0n) is 11.9. The van der Waals surface area contributed by atoms with E-state index in [0.717, 1.165) is 24.0 Å². The Bertz CT molecular complexity index is 662. The summed E-state index contributed by atoms with van der Waals surface area (Å²) in [5, 5.41) is 13.4. The standard InChI is InChI=1S/C15H17N3O2/c1-4-5-17-14-10(8-16)9-18-15-12(14)6-11(19-2)7-13(15)20-3/h6-7,9H,4-5H2,1-3H3,(H,17,18). The molecule has 0 unspecified atom stereocenters. The predicted octanol–water partition coefficient (Wildman–Crippen LogP) is 2.95. The van der Waals surface area contributed by atoms with Crippen molar-refractivity contribution in [2.45, 2.75) is 13.3 Å². The van der Waals surface area contributed by atoms with Crippen molar-refractivity contribution in [3.63, 3.8) is 0 Å². The number of hydrogen-bond donors (Lipinski definition) is 1. The van der Waals surface area contributed by atoms with Gasteiger partial charge in [0.2, 0.25) is 0 Å². The zero-order chi connectivity index (χ0) is 14.5. The van der Waals surface area contributed by atoms with Crippen LogP contribution in [0.25, 0.3) is 10.9 Å². The maximum absolute atomic E-state index is 9.24. The Hall–Kier alpha value is -2.48. The summed E-state index contributed by atoms with van der Waals surface area (Å²) in [6.45, 7) is 2.86. The van der Waals surface area contributed by atoms with E-state index in [4.69, 9.17) is 9.47 Å². The van der Waals surface area contributed by atoms with Gasteiger partial charge < -0.3 is 14.8 Å². The van der Waals surface area contributed by atoms with E-state index in [1.54, 1.807) is 26.5 Å². The number of nitrogens with one attached hydrogen (secondary N) is 1. The first-order chi connectivity index (χ1) is 9.74. The number of benzene rings is 1. The van der Waals surface area contributed by atoms with Gasteiger partial charge >= 0.3 is 0 Å². The van der Waals surface area contributed by atoms with Crippen LogP contribution in [0.4, 0.5) is 5.69 Å². The van der Waals surface area contributed by atoms with Gasteiger partial charge in [-0.2, -0.15) is 5.26 Å². The molecule has 0 saturated carbocycles. The van der Waals surface area contributed by atoms with Crippen LogP contribution in [0.15, 0.2) is 18.3 Å². The molecule has 0 amide bonds. The number of ether oxygens (including phenoxy) is 2. The molecular formula is C15H17N3O2. The average molecular weight is 271 g/mol. The van der Waals surface area contributed by atoms with Crippen LogP contribution in [0.3, 0.4) is 0 Å². The number of nitriles is 1. The second-order valence-electron chi connectivity index (χ2n) is 4.31. The van der Waals surface area contributed by atoms with Crippen molar-refractivity contribution in [2.24, 2.45) is 0 Å². The molecule has 0 atom stereocenters. The molecule has 0 aliphatic carbocycles. The quantitative estimate of drug-likeness (QED) is 0.905. The second-order valence-corrected chi connectivity index (χ2v) is 4.31. The Balaban J connectivity index is 2.73. The van der Waals surface area contributed by atoms with Crippen LogP contribution in [-0.4, -0.2) is 25.7 Å². The summed E-state index contributed by atoms with van der Waals surface area (Å²) in [7, 11) is 3.19. The van der Waals surface area contributed by atoms with E-state index in [9.17, 15) is 5.26 Å². The maximum Gasteiger partial charge on any atom is 0.148 e. The topological polar surface area (TPSA) is 67.2 Å². The molecule has 0 aliphatic heterocycles. The van der Waals surface area contributed by atoms with Crippen LogP contribution < -0.4 is 14.8 Å². The van der Waals surface area contributed by atoms with Gasteiger partial charge in [-0.25, -0.2) is 0 Å². The Kier molecular flexibility index (Phi) is 4.26. The Morgan fingerprint density at radius 2 is 2.10 bits per heavy atom. The first-order valence-electron chi connectivity index (χ1n) is 6.43. The van der Waals surface area contributed by atoms with Crippen molar-refractivity contribution in [1.82, 2.24) is 4.98 Å². The molecule has 2 aromatic rings. The van der Waals surface area contributed by atoms with Crippen molar-refractivity contribution in [3.8, 4) is 17.6 Å². The molecule has 0 spiro atoms. The summed E-state index contributed by atoms with van der Waals surface area (Å²) >= 11 is 0. The number of pyridine rings is 1. The molecule has 2 rings (SSSR count). The number of methoxy groups -OCH3 is 2. The third-order valence-corrected chi connectivity index (χ3v) is 3.04. The van der Waals surface area contributed by atoms with E-state index < -0.39 is 0 Å². The van der Waals surface area contributed by atoms with Crippen molar-refractivity contribution in [3.05, 3.63) is 23.9 Å². The minimum Gasteiger partial charge on any atom is -0.497 e. The molecule has 0 saturated heterocycles. The summed E-state index contributed by atoms with van der Waals surface area (Å²) < 4.78 is 10.6. The summed E-state index contributed by atoms with van der Waals surface area (Å²) in [4.78, 5) is 4.32. The van der Waals surface area contributed by atoms with Gasteiger partial charge in [0.15, 0.2) is 0 Å². The lowest BCUT2D eigenvalue weighted by atomic mass is 10.1. The molecule has 5 nitrogen and oxygen atoms in total. The third kappa shape index (κ3) is 2.45. The molecule has 1 heterocycles. The van der Waals surface area contributed by atoms with Gasteiger partial charge in [0, 0.05) is 24.2 Å². The number of nitrogens with zero attached hydrogens (tertiary/aromatic N) is 2. The van der Waals surface area contributed by atoms with Gasteiger partial charge in [0.1, 0.15) is 23.1 Å². The fourth-order valence-electron chi connectivity index (χ4n) is 2.04. The fourth-order valence-corrected chi connectivity index (χ4v) is 2.04. The van der Waals surface area contributed by atoms with Gasteiger partial charge in [0.05, 0.1) is 25.5 Å². The molecule has 0 fully saturated rings. The number of fused-ring (bicyclic) bond motifs is 1. The highest BCUT2D eigenvalue weighted by Gasteiger charge is 2.13. The average Bonchev–Trinajstić information content (AvgIpc) is 2.50. The van der Waals surface area contributed by atoms with Crippen molar-refractivity contribution < 1.29 is 9.47 Å². The summed E-state index contributed by atoms with van der Waals surface area (Å²) in [6.07, 6.45) is 2.53. The highest BCUT2D eigenvalue weighted by atomic mass is 16.5. The van der Waals surface area contributed by atoms with Gasteiger partial charge in [-0.15, -0.1) is 0 Å². The Labute approximate surface area is 118 Å². The van der Waals surface area contributed by atoms with Crippen LogP contribution in [-0.2, 0) is 0 Å². The largest absolute Gasteiger partial charge is 0.497 e. The normalized spacial score (nSPS) is 10.1. The van der Waals surface area contributed by atoms with E-state index in [2.05, 4.69) is 23.3 Å². The Morgan fingerprint density at radius 1 is 1.30 bits per heavy atom. The third-order valence-electron chi connectivity index (χ3n) is 3.04. The lowest BCUT2D eigenvalue weighted by Gasteiger charge is -2.13. The second kappa shape index (κ2) is 6.11. The molecule has 0 radical (unpaired) electrons. The fraction of sp³-hybridized carbons (Fsp3) is 0.333. The van der Waals surface area contributed by atoms with Gasteiger partial charge in [0.25, 0.3) is 0 Å². The van der Waals surface area contributed by atoms with Crippen LogP contribution in [0.2, 0.25) is 0 Å². The first kappa shape index (κ1) is 13.9. The highest BCUT2D eigenvalue weighted by Crippen LogP contribution is 2.35. The molecule has 104 valence electrons. The van der Waals surface area contributed by atoms with E-state index in [-0.39, 0.29) is 0 Å². The minimum absolute atomic E-state index is 0.515. The van der Waals surface area contributed by atoms with Gasteiger partial charge in [-0.05, 0) is 12.5 Å². The zero-order valence-corrected chi connectivity index (χ0v) is 11.9. The lowest BCUT2D eigenvalue weighted by Crippen LogP contribution is -2.04. The summed E-state index contributed by atoms with van der Waals surface area (Å²) in [6, 6.07) is 5.81. The maximum atomic E-state index is 9.24. The summed E-state index contributed by atoms with van der Waals surface area (Å²) in [5.41, 5.74) is 2.00. The lowest BCUT2D eigenvalue weighted by molar-refractivity contribution is 0.397. The molecule has 0 bridgehead atoms. The molecule has 0 aliphatic rings. The van der Waals surface area contributed by atoms with E-state index >= 15 is 0 Å². The molecule has 1 aromatic heterocycles. The van der Waals surface area contributed by atoms with Crippen LogP contribution >= 0.6 is 0 Å². The molecule has 20 heavy (non-hydrogen) atoms. The predicted molar refractivity (Wildman–Crippen MR) is 78.3 cm³/mol. The van der Waals surface area contributed by atoms with Crippen molar-refractivity contribution >= 4 is 16.6 Å². The van der Waals surface area contributed by atoms with E-state index in [0.29, 0.717) is 22.6 Å². The smallest absolute Gasteiger partial charge is 0.148 e. The number of anilines is 1. The highest BCUT2D eigenvalue weighted by molar-refractivity contribution is 5.98. The summed E-state index contributed by atoms with van der Waals surface area (Å²) in [5.74, 6) is 1.30. The van der Waals surface area contributed by atoms with Gasteiger partial charge in [-0.3, -0.25) is 4.98 Å². The molecule has 1 aromatic carbocycles. The number of rotatable bonds is 5. The minimum atomic E-state index is 0.515. The number of hydrogen-bond acceptors (Lipinski definition) is 5. The first-order valence-corrected chi connectivity index (χ1v) is 6.43. The molecular weight excluding hydrogens is 254 g/mol. The van der Waals surface area contributed by atoms with E-state index in [1.807, 2.05) is 6.07 Å². The SMILES string of the molecule is CCCNc1c(C#N)cnc2c(OC)cc(OC)cc12. The Morgan fingerprint density at radius 3 is 2.70 bits per heavy atom.